The molecule has 9 heteroatoms. The first-order chi connectivity index (χ1) is 12.0. The molecule has 2 aromatic rings. The van der Waals surface area contributed by atoms with Crippen LogP contribution in [-0.2, 0) is 0 Å². The fraction of sp³-hybridized carbons (Fsp3) is 0.125. The number of carbonyl (C=O) groups excluding carboxylic acids is 1. The molecule has 0 fully saturated rings. The van der Waals surface area contributed by atoms with E-state index in [0.29, 0.717) is 11.1 Å². The molecule has 126 valence electrons. The topological polar surface area (TPSA) is 129 Å². The maximum Gasteiger partial charge on any atom is 0.251 e. The number of nitrogens with one attached hydrogen (secondary N) is 1. The molecule has 0 bridgehead atoms. The second-order valence-electron chi connectivity index (χ2n) is 4.84. The average molecular weight is 339 g/mol. The van der Waals surface area contributed by atoms with Gasteiger partial charge >= 0.3 is 0 Å². The minimum atomic E-state index is -0.633. The molecule has 25 heavy (non-hydrogen) atoms. The molecule has 0 aliphatic carbocycles. The van der Waals surface area contributed by atoms with Crippen molar-refractivity contribution in [3.05, 3.63) is 53.6 Å². The molecule has 2 rings (SSSR count). The first-order valence-corrected chi connectivity index (χ1v) is 7.15. The van der Waals surface area contributed by atoms with Gasteiger partial charge in [0.15, 0.2) is 11.7 Å². The molecular formula is C16H14FN7O. The monoisotopic (exact) mass is 339 g/mol. The van der Waals surface area contributed by atoms with Crippen LogP contribution < -0.4 is 11.1 Å². The number of amidine groups is 1. The Balaban J connectivity index is 2.19. The highest BCUT2D eigenvalue weighted by Gasteiger charge is 2.15. The predicted molar refractivity (Wildman–Crippen MR) is 89.8 cm³/mol. The molecule has 0 aliphatic rings. The molecule has 0 radical (unpaired) electrons. The molecule has 0 saturated carbocycles. The number of nitriles is 1. The van der Waals surface area contributed by atoms with E-state index in [4.69, 9.17) is 11.0 Å². The van der Waals surface area contributed by atoms with Crippen molar-refractivity contribution in [3.8, 4) is 6.07 Å². The third-order valence-electron chi connectivity index (χ3n) is 3.02. The van der Waals surface area contributed by atoms with E-state index in [-0.39, 0.29) is 11.8 Å². The van der Waals surface area contributed by atoms with Gasteiger partial charge in [-0.25, -0.2) is 19.4 Å². The third-order valence-corrected chi connectivity index (χ3v) is 3.02. The van der Waals surface area contributed by atoms with Crippen LogP contribution in [0.15, 0.2) is 46.6 Å². The van der Waals surface area contributed by atoms with E-state index >= 15 is 0 Å². The lowest BCUT2D eigenvalue weighted by molar-refractivity contribution is 0.0949. The first-order valence-electron chi connectivity index (χ1n) is 7.15. The number of nitrogens with two attached hydrogens (primary N) is 1. The summed E-state index contributed by atoms with van der Waals surface area (Å²) >= 11 is 0. The van der Waals surface area contributed by atoms with Gasteiger partial charge in [-0.1, -0.05) is 6.07 Å². The van der Waals surface area contributed by atoms with Gasteiger partial charge in [0.25, 0.3) is 11.9 Å². The fourth-order valence-electron chi connectivity index (χ4n) is 1.85. The highest BCUT2D eigenvalue weighted by atomic mass is 19.1. The summed E-state index contributed by atoms with van der Waals surface area (Å²) in [6.07, 6.45) is 2.94. The Morgan fingerprint density at radius 1 is 1.44 bits per heavy atom. The lowest BCUT2D eigenvalue weighted by atomic mass is 10.1. The molecule has 1 aromatic carbocycles. The summed E-state index contributed by atoms with van der Waals surface area (Å²) in [6.45, 7) is 1.64. The second kappa shape index (κ2) is 8.26. The van der Waals surface area contributed by atoms with Gasteiger partial charge in [0.2, 0.25) is 0 Å². The molecule has 3 N–H and O–H groups in total. The van der Waals surface area contributed by atoms with Gasteiger partial charge in [0, 0.05) is 5.56 Å². The summed E-state index contributed by atoms with van der Waals surface area (Å²) in [7, 11) is 0. The first kappa shape index (κ1) is 17.7. The van der Waals surface area contributed by atoms with Crippen molar-refractivity contribution in [2.45, 2.75) is 13.0 Å². The number of amides is 1. The Hall–Kier alpha value is -3.67. The van der Waals surface area contributed by atoms with E-state index in [1.54, 1.807) is 25.1 Å². The summed E-state index contributed by atoms with van der Waals surface area (Å²) in [5, 5.41) is 11.6. The molecule has 1 amide bonds. The minimum Gasteiger partial charge on any atom is -0.390 e. The van der Waals surface area contributed by atoms with E-state index in [0.717, 1.165) is 18.7 Å². The molecular weight excluding hydrogens is 325 g/mol. The number of aromatic nitrogens is 2. The Labute approximate surface area is 143 Å². The van der Waals surface area contributed by atoms with Crippen LogP contribution in [-0.4, -0.2) is 34.1 Å². The van der Waals surface area contributed by atoms with Crippen LogP contribution in [0, 0.1) is 17.1 Å². The van der Waals surface area contributed by atoms with E-state index in [9.17, 15) is 9.18 Å². The summed E-state index contributed by atoms with van der Waals surface area (Å²) < 4.78 is 12.8. The Kier molecular flexibility index (Phi) is 5.84. The van der Waals surface area contributed by atoms with Crippen LogP contribution in [0.25, 0.3) is 0 Å². The average Bonchev–Trinajstić information content (AvgIpc) is 2.63. The van der Waals surface area contributed by atoms with E-state index in [1.165, 1.54) is 6.07 Å². The van der Waals surface area contributed by atoms with Crippen LogP contribution in [0.4, 0.5) is 10.3 Å². The molecule has 8 nitrogen and oxygen atoms in total. The third kappa shape index (κ3) is 4.90. The van der Waals surface area contributed by atoms with Gasteiger partial charge in [-0.3, -0.25) is 4.79 Å². The highest BCUT2D eigenvalue weighted by molar-refractivity contribution is 6.00. The van der Waals surface area contributed by atoms with Crippen molar-refractivity contribution in [2.75, 3.05) is 0 Å². The number of nitrogens with zero attached hydrogens (tertiary/aromatic N) is 5. The molecule has 0 aliphatic heterocycles. The quantitative estimate of drug-likeness (QED) is 0.641. The lowest BCUT2D eigenvalue weighted by Gasteiger charge is -2.13. The van der Waals surface area contributed by atoms with Crippen LogP contribution in [0.1, 0.15) is 22.8 Å². The van der Waals surface area contributed by atoms with Crippen LogP contribution in [0.3, 0.4) is 0 Å². The number of rotatable bonds is 4. The van der Waals surface area contributed by atoms with Crippen molar-refractivity contribution in [1.82, 2.24) is 15.3 Å². The fourth-order valence-corrected chi connectivity index (χ4v) is 1.85. The van der Waals surface area contributed by atoms with Crippen LogP contribution >= 0.6 is 0 Å². The maximum atomic E-state index is 12.8. The van der Waals surface area contributed by atoms with Gasteiger partial charge in [-0.15, -0.1) is 0 Å². The van der Waals surface area contributed by atoms with E-state index < -0.39 is 17.8 Å². The summed E-state index contributed by atoms with van der Waals surface area (Å²) in [6, 6.07) is 7.58. The van der Waals surface area contributed by atoms with E-state index in [2.05, 4.69) is 25.3 Å². The zero-order valence-electron chi connectivity index (χ0n) is 13.2. The van der Waals surface area contributed by atoms with Crippen LogP contribution in [0.2, 0.25) is 0 Å². The Morgan fingerprint density at radius 3 is 2.80 bits per heavy atom. The minimum absolute atomic E-state index is 0.0189. The van der Waals surface area contributed by atoms with E-state index in [1.807, 2.05) is 6.07 Å². The van der Waals surface area contributed by atoms with Gasteiger partial charge in [0.05, 0.1) is 36.4 Å². The number of halogens is 1. The molecule has 1 aromatic heterocycles. The SMILES string of the molecule is C[C@H](NC(=O)c1cccc(C#N)c1)C(N=CN)=Nc1ncc(F)cn1. The summed E-state index contributed by atoms with van der Waals surface area (Å²) in [4.78, 5) is 27.6. The molecule has 1 heterocycles. The normalized spacial score (nSPS) is 12.6. The number of hydrogen-bond donors (Lipinski definition) is 2. The van der Waals surface area contributed by atoms with Gasteiger partial charge < -0.3 is 11.1 Å². The summed E-state index contributed by atoms with van der Waals surface area (Å²) in [5.74, 6) is -0.889. The van der Waals surface area contributed by atoms with Crippen molar-refractivity contribution in [2.24, 2.45) is 15.7 Å². The molecule has 0 unspecified atom stereocenters. The van der Waals surface area contributed by atoms with Crippen molar-refractivity contribution >= 4 is 24.0 Å². The highest BCUT2D eigenvalue weighted by Crippen LogP contribution is 2.07. The van der Waals surface area contributed by atoms with Crippen LogP contribution in [0.5, 0.6) is 0 Å². The van der Waals surface area contributed by atoms with Crippen molar-refractivity contribution < 1.29 is 9.18 Å². The van der Waals surface area contributed by atoms with Gasteiger partial charge in [0.1, 0.15) is 0 Å². The van der Waals surface area contributed by atoms with Gasteiger partial charge in [-0.05, 0) is 25.1 Å². The number of benzene rings is 1. The van der Waals surface area contributed by atoms with Crippen molar-refractivity contribution in [1.29, 1.82) is 5.26 Å². The Bertz CT molecular complexity index is 856. The smallest absolute Gasteiger partial charge is 0.251 e. The molecule has 0 saturated heterocycles. The second-order valence-corrected chi connectivity index (χ2v) is 4.84. The molecule has 1 atom stereocenters. The zero-order valence-corrected chi connectivity index (χ0v) is 13.2. The largest absolute Gasteiger partial charge is 0.390 e. The zero-order chi connectivity index (χ0) is 18.2. The number of aliphatic imine (C=N–C) groups is 2. The standard InChI is InChI=1S/C16H14FN7O/c1-10(23-15(25)12-4-2-3-11(5-12)6-18)14(22-9-19)24-16-20-7-13(17)8-21-16/h2-5,7-10H,1H3,(H,23,25)(H2,19,20,21,22,24)/t10-/m0/s1. The Morgan fingerprint density at radius 2 is 2.16 bits per heavy atom. The summed E-state index contributed by atoms with van der Waals surface area (Å²) in [5.41, 5.74) is 5.99. The number of carbonyl (C=O) groups is 1. The van der Waals surface area contributed by atoms with Crippen molar-refractivity contribution in [3.63, 3.8) is 0 Å². The maximum absolute atomic E-state index is 12.8. The lowest BCUT2D eigenvalue weighted by Crippen LogP contribution is -2.38. The number of hydrogen-bond acceptors (Lipinski definition) is 5. The molecule has 0 spiro atoms. The predicted octanol–water partition coefficient (Wildman–Crippen LogP) is 1.32. The van der Waals surface area contributed by atoms with Gasteiger partial charge in [-0.2, -0.15) is 10.3 Å².